The van der Waals surface area contributed by atoms with Crippen LogP contribution in [-0.2, 0) is 0 Å². The first-order valence-corrected chi connectivity index (χ1v) is 28.2. The Morgan fingerprint density at radius 2 is 0.453 bits per heavy atom. The normalized spacial score (nSPS) is 12.4. The van der Waals surface area contributed by atoms with Crippen LogP contribution in [0.25, 0.3) is 0 Å². The van der Waals surface area contributed by atoms with E-state index in [1.54, 1.807) is 0 Å². The van der Waals surface area contributed by atoms with Crippen LogP contribution in [0.5, 0.6) is 0 Å². The van der Waals surface area contributed by atoms with Crippen LogP contribution in [0.3, 0.4) is 0 Å². The zero-order valence-corrected chi connectivity index (χ0v) is 42.6. The fraction of sp³-hybridized carbons (Fsp3) is 0.200. The summed E-state index contributed by atoms with van der Waals surface area (Å²) >= 11 is 0. The third-order valence-corrected chi connectivity index (χ3v) is 29.5. The molecule has 0 bridgehead atoms. The molecule has 8 aromatic carbocycles. The first-order valence-electron chi connectivity index (χ1n) is 22.7. The van der Waals surface area contributed by atoms with Gasteiger partial charge >= 0.3 is 0 Å². The lowest BCUT2D eigenvalue weighted by atomic mass is 10.2. The molecule has 0 N–H and O–H groups in total. The predicted molar refractivity (Wildman–Crippen MR) is 291 cm³/mol. The minimum Gasteiger partial charge on any atom is -0.0647 e. The van der Waals surface area contributed by atoms with E-state index in [1.807, 2.05) is 0 Å². The highest BCUT2D eigenvalue weighted by Crippen LogP contribution is 2.83. The van der Waals surface area contributed by atoms with Gasteiger partial charge in [0.1, 0.15) is 0 Å². The third kappa shape index (κ3) is 8.66. The zero-order valence-electron chi connectivity index (χ0n) is 39.0. The SMILES string of the molecule is CCC(P(c1ccccc1C)c1ccccc1C)C(P(c1ccccc1C)c1ccccc1C)(P(c1ccccc1C)c1ccccc1C)P(c1ccccc1C)c1ccccc1C. The largest absolute Gasteiger partial charge is 0.0647 e. The maximum atomic E-state index is 2.56. The molecule has 8 rings (SSSR count). The summed E-state index contributed by atoms with van der Waals surface area (Å²) in [5.41, 5.74) is 11.2. The smallest absolute Gasteiger partial charge is 0.0619 e. The average molecular weight is 907 g/mol. The van der Waals surface area contributed by atoms with Gasteiger partial charge in [0.25, 0.3) is 0 Å². The predicted octanol–water partition coefficient (Wildman–Crippen LogP) is 13.4. The van der Waals surface area contributed by atoms with Crippen LogP contribution < -0.4 is 42.4 Å². The second-order valence-corrected chi connectivity index (χ2v) is 27.7. The van der Waals surface area contributed by atoms with Crippen molar-refractivity contribution in [2.45, 2.75) is 79.0 Å². The summed E-state index contributed by atoms with van der Waals surface area (Å²) in [5, 5.41) is 12.0. The van der Waals surface area contributed by atoms with Crippen LogP contribution in [-0.4, -0.2) is 10.3 Å². The molecule has 4 heteroatoms. The molecule has 8 aromatic rings. The van der Waals surface area contributed by atoms with Gasteiger partial charge in [-0.05, 0) is 180 Å². The highest BCUT2D eigenvalue weighted by Gasteiger charge is 2.61. The molecule has 0 heterocycles. The number of hydrogen-bond donors (Lipinski definition) is 0. The lowest BCUT2D eigenvalue weighted by Gasteiger charge is -2.59. The summed E-state index contributed by atoms with van der Waals surface area (Å²) in [4.78, 5) is 0. The van der Waals surface area contributed by atoms with Crippen molar-refractivity contribution < 1.29 is 0 Å². The summed E-state index contributed by atoms with van der Waals surface area (Å²) in [6.07, 6.45) is 1.01. The molecule has 0 amide bonds. The second-order valence-electron chi connectivity index (χ2n) is 17.3. The molecule has 0 aliphatic rings. The molecular formula is C60H62P4. The van der Waals surface area contributed by atoms with Gasteiger partial charge in [-0.15, -0.1) is 0 Å². The molecule has 322 valence electrons. The van der Waals surface area contributed by atoms with E-state index in [4.69, 9.17) is 0 Å². The molecule has 64 heavy (non-hydrogen) atoms. The topological polar surface area (TPSA) is 0 Å². The van der Waals surface area contributed by atoms with E-state index in [9.17, 15) is 0 Å². The highest BCUT2D eigenvalue weighted by atomic mass is 31.2. The Kier molecular flexibility index (Phi) is 14.6. The van der Waals surface area contributed by atoms with E-state index in [-0.39, 0.29) is 10.3 Å². The van der Waals surface area contributed by atoms with Gasteiger partial charge in [-0.3, -0.25) is 0 Å². The number of benzene rings is 8. The lowest BCUT2D eigenvalue weighted by Crippen LogP contribution is -2.52. The molecular weight excluding hydrogens is 845 g/mol. The maximum absolute atomic E-state index is 2.56. The van der Waals surface area contributed by atoms with Crippen LogP contribution in [0.15, 0.2) is 194 Å². The Balaban J connectivity index is 1.76. The summed E-state index contributed by atoms with van der Waals surface area (Å²) in [6.45, 7) is 21.7. The van der Waals surface area contributed by atoms with E-state index in [1.165, 1.54) is 86.9 Å². The van der Waals surface area contributed by atoms with Gasteiger partial charge < -0.3 is 0 Å². The minimum absolute atomic E-state index is 0.214. The molecule has 0 aromatic heterocycles. The Bertz CT molecular complexity index is 2460. The van der Waals surface area contributed by atoms with Crippen LogP contribution in [0.2, 0.25) is 0 Å². The van der Waals surface area contributed by atoms with Crippen LogP contribution in [0.4, 0.5) is 0 Å². The highest BCUT2D eigenvalue weighted by molar-refractivity contribution is 8.06. The third-order valence-electron chi connectivity index (χ3n) is 13.0. The van der Waals surface area contributed by atoms with E-state index in [0.717, 1.165) is 6.42 Å². The summed E-state index contributed by atoms with van der Waals surface area (Å²) < 4.78 is -0.375. The van der Waals surface area contributed by atoms with Crippen molar-refractivity contribution in [1.82, 2.24) is 0 Å². The standard InChI is InChI=1S/C60H62P4/c1-10-59(61(51-35-19-11-27-43(51)2)52-36-20-12-28-44(52)3)60(62(53-37-21-13-29-45(53)4)54-38-22-14-30-46(54)5,63(55-39-23-15-31-47(55)6)56-40-24-16-32-48(56)7)64(57-41-25-17-33-49(57)8)58-42-26-18-34-50(58)9/h11-42,59H,10H2,1-9H3. The van der Waals surface area contributed by atoms with Gasteiger partial charge in [0.05, 0.1) is 4.64 Å². The Hall–Kier alpha value is -4.52. The van der Waals surface area contributed by atoms with E-state index < -0.39 is 31.7 Å². The van der Waals surface area contributed by atoms with Gasteiger partial charge in [-0.25, -0.2) is 0 Å². The molecule has 0 spiro atoms. The van der Waals surface area contributed by atoms with Gasteiger partial charge in [0.15, 0.2) is 0 Å². The Morgan fingerprint density at radius 3 is 0.625 bits per heavy atom. The van der Waals surface area contributed by atoms with Crippen molar-refractivity contribution in [2.24, 2.45) is 0 Å². The molecule has 1 unspecified atom stereocenters. The molecule has 0 fully saturated rings. The van der Waals surface area contributed by atoms with E-state index in [0.29, 0.717) is 0 Å². The monoisotopic (exact) mass is 906 g/mol. The van der Waals surface area contributed by atoms with Crippen molar-refractivity contribution in [2.75, 3.05) is 0 Å². The molecule has 1 atom stereocenters. The number of hydrogen-bond acceptors (Lipinski definition) is 0. The number of rotatable bonds is 14. The first-order chi connectivity index (χ1) is 31.1. The lowest BCUT2D eigenvalue weighted by molar-refractivity contribution is 0.842. The number of aryl methyl sites for hydroxylation is 8. The first kappa shape index (κ1) is 46.0. The van der Waals surface area contributed by atoms with E-state index in [2.05, 4.69) is 256 Å². The molecule has 0 aliphatic heterocycles. The average Bonchev–Trinajstić information content (AvgIpc) is 3.30. The maximum Gasteiger partial charge on any atom is 0.0619 e. The van der Waals surface area contributed by atoms with E-state index >= 15 is 0 Å². The summed E-state index contributed by atoms with van der Waals surface area (Å²) in [5.74, 6) is 0. The molecule has 0 radical (unpaired) electrons. The minimum atomic E-state index is -1.17. The van der Waals surface area contributed by atoms with Gasteiger partial charge in [-0.1, -0.05) is 201 Å². The quantitative estimate of drug-likeness (QED) is 0.0954. The fourth-order valence-electron chi connectivity index (χ4n) is 9.85. The van der Waals surface area contributed by atoms with Gasteiger partial charge in [0.2, 0.25) is 0 Å². The molecule has 0 saturated carbocycles. The van der Waals surface area contributed by atoms with Crippen LogP contribution in [0, 0.1) is 55.4 Å². The van der Waals surface area contributed by atoms with Crippen molar-refractivity contribution >= 4 is 74.1 Å². The Labute approximate surface area is 389 Å². The Morgan fingerprint density at radius 1 is 0.281 bits per heavy atom. The summed E-state index contributed by atoms with van der Waals surface area (Å²) in [7, 11) is -4.49. The molecule has 0 saturated heterocycles. The van der Waals surface area contributed by atoms with Crippen molar-refractivity contribution in [3.05, 3.63) is 239 Å². The second kappa shape index (κ2) is 20.3. The van der Waals surface area contributed by atoms with Crippen molar-refractivity contribution in [3.8, 4) is 0 Å². The van der Waals surface area contributed by atoms with Gasteiger partial charge in [-0.2, -0.15) is 0 Å². The van der Waals surface area contributed by atoms with Crippen molar-refractivity contribution in [3.63, 3.8) is 0 Å². The van der Waals surface area contributed by atoms with Gasteiger partial charge in [0, 0.05) is 5.66 Å². The van der Waals surface area contributed by atoms with Crippen LogP contribution in [0.1, 0.15) is 57.9 Å². The van der Waals surface area contributed by atoms with Crippen molar-refractivity contribution in [1.29, 1.82) is 0 Å². The summed E-state index contributed by atoms with van der Waals surface area (Å²) in [6, 6.07) is 76.0. The zero-order chi connectivity index (χ0) is 45.0. The fourth-order valence-corrected chi connectivity index (χ4v) is 29.6. The molecule has 0 aliphatic carbocycles. The van der Waals surface area contributed by atoms with Crippen LogP contribution >= 0.6 is 31.7 Å². The molecule has 0 nitrogen and oxygen atoms in total.